The molecule has 102 valence electrons. The highest BCUT2D eigenvalue weighted by Crippen LogP contribution is 2.44. The average molecular weight is 266 g/mol. The highest BCUT2D eigenvalue weighted by molar-refractivity contribution is 5.96. The maximum atomic E-state index is 6.08. The lowest BCUT2D eigenvalue weighted by molar-refractivity contribution is 0.526. The quantitative estimate of drug-likeness (QED) is 0.547. The Kier molecular flexibility index (Phi) is 2.38. The van der Waals surface area contributed by atoms with Crippen molar-refractivity contribution in [2.24, 2.45) is 0 Å². The van der Waals surface area contributed by atoms with Crippen molar-refractivity contribution in [2.45, 2.75) is 39.5 Å². The molecular weight excluding hydrogens is 248 g/mol. The molecule has 1 aliphatic carbocycles. The van der Waals surface area contributed by atoms with Crippen molar-refractivity contribution in [2.75, 3.05) is 0 Å². The van der Waals surface area contributed by atoms with E-state index in [1.54, 1.807) is 0 Å². The van der Waals surface area contributed by atoms with Crippen molar-refractivity contribution >= 4 is 11.0 Å². The van der Waals surface area contributed by atoms with E-state index in [0.717, 1.165) is 35.7 Å². The Morgan fingerprint density at radius 3 is 2.80 bits per heavy atom. The summed E-state index contributed by atoms with van der Waals surface area (Å²) < 4.78 is 12.1. The third kappa shape index (κ3) is 1.57. The van der Waals surface area contributed by atoms with Gasteiger partial charge in [0.25, 0.3) is 0 Å². The van der Waals surface area contributed by atoms with Crippen LogP contribution in [0.1, 0.15) is 41.9 Å². The van der Waals surface area contributed by atoms with Crippen molar-refractivity contribution < 1.29 is 8.83 Å². The first-order chi connectivity index (χ1) is 9.63. The second kappa shape index (κ2) is 4.02. The molecule has 1 aliphatic rings. The standard InChI is InChI=1S/C18H18O2/c1-10-4-6-15-14(8-10)17-16(20-15)7-5-11(2)13-9-12(3)19-18(13)17/h4,6,8-9,11H,5,7H2,1-3H3/t11-/m0/s1. The van der Waals surface area contributed by atoms with Crippen molar-refractivity contribution in [3.63, 3.8) is 0 Å². The van der Waals surface area contributed by atoms with Crippen molar-refractivity contribution in [3.05, 3.63) is 46.9 Å². The van der Waals surface area contributed by atoms with Gasteiger partial charge in [-0.15, -0.1) is 0 Å². The lowest BCUT2D eigenvalue weighted by Crippen LogP contribution is -1.91. The molecule has 0 fully saturated rings. The first kappa shape index (κ1) is 11.8. The Bertz CT molecular complexity index is 804. The topological polar surface area (TPSA) is 26.3 Å². The van der Waals surface area contributed by atoms with Gasteiger partial charge in [-0.25, -0.2) is 0 Å². The Balaban J connectivity index is 2.10. The summed E-state index contributed by atoms with van der Waals surface area (Å²) in [5, 5.41) is 1.18. The van der Waals surface area contributed by atoms with E-state index < -0.39 is 0 Å². The third-order valence-corrected chi connectivity index (χ3v) is 4.36. The first-order valence-electron chi connectivity index (χ1n) is 7.26. The molecule has 0 aliphatic heterocycles. The summed E-state index contributed by atoms with van der Waals surface area (Å²) in [5.41, 5.74) is 4.72. The smallest absolute Gasteiger partial charge is 0.141 e. The van der Waals surface area contributed by atoms with E-state index in [2.05, 4.69) is 38.1 Å². The van der Waals surface area contributed by atoms with Crippen LogP contribution in [0, 0.1) is 13.8 Å². The Morgan fingerprint density at radius 2 is 1.95 bits per heavy atom. The lowest BCUT2D eigenvalue weighted by Gasteiger charge is -2.06. The van der Waals surface area contributed by atoms with E-state index in [0.29, 0.717) is 5.92 Å². The molecule has 0 bridgehead atoms. The maximum absolute atomic E-state index is 6.08. The van der Waals surface area contributed by atoms with Crippen LogP contribution in [0.15, 0.2) is 33.1 Å². The second-order valence-electron chi connectivity index (χ2n) is 5.98. The average Bonchev–Trinajstić information content (AvgIpc) is 2.92. The van der Waals surface area contributed by atoms with Crippen LogP contribution in [0.4, 0.5) is 0 Å². The maximum Gasteiger partial charge on any atom is 0.141 e. The van der Waals surface area contributed by atoms with Gasteiger partial charge in [-0.05, 0) is 44.4 Å². The van der Waals surface area contributed by atoms with Gasteiger partial charge < -0.3 is 8.83 Å². The highest BCUT2D eigenvalue weighted by Gasteiger charge is 2.28. The fourth-order valence-electron chi connectivity index (χ4n) is 3.29. The molecule has 2 heteroatoms. The van der Waals surface area contributed by atoms with Crippen LogP contribution in [-0.2, 0) is 6.42 Å². The summed E-state index contributed by atoms with van der Waals surface area (Å²) in [6.07, 6.45) is 2.09. The van der Waals surface area contributed by atoms with Crippen LogP contribution in [0.2, 0.25) is 0 Å². The Labute approximate surface area is 118 Å². The normalized spacial score (nSPS) is 17.9. The molecular formula is C18H18O2. The van der Waals surface area contributed by atoms with Crippen LogP contribution < -0.4 is 0 Å². The number of hydrogen-bond acceptors (Lipinski definition) is 2. The van der Waals surface area contributed by atoms with E-state index in [1.165, 1.54) is 22.1 Å². The SMILES string of the molecule is Cc1ccc2oc3c(c2c1)-c1oc(C)cc1[C@@H](C)CC3. The molecule has 2 nitrogen and oxygen atoms in total. The van der Waals surface area contributed by atoms with E-state index in [1.807, 2.05) is 6.92 Å². The third-order valence-electron chi connectivity index (χ3n) is 4.36. The number of rotatable bonds is 0. The van der Waals surface area contributed by atoms with Gasteiger partial charge in [-0.2, -0.15) is 0 Å². The summed E-state index contributed by atoms with van der Waals surface area (Å²) >= 11 is 0. The minimum absolute atomic E-state index is 0.518. The highest BCUT2D eigenvalue weighted by atomic mass is 16.4. The molecule has 0 unspecified atom stereocenters. The van der Waals surface area contributed by atoms with E-state index in [9.17, 15) is 0 Å². The van der Waals surface area contributed by atoms with Crippen LogP contribution in [0.5, 0.6) is 0 Å². The monoisotopic (exact) mass is 266 g/mol. The molecule has 0 amide bonds. The molecule has 0 saturated heterocycles. The minimum atomic E-state index is 0.518. The number of furan rings is 2. The number of benzene rings is 1. The molecule has 2 heterocycles. The predicted octanol–water partition coefficient (Wildman–Crippen LogP) is 5.36. The van der Waals surface area contributed by atoms with Crippen LogP contribution in [0.25, 0.3) is 22.3 Å². The fraction of sp³-hybridized carbons (Fsp3) is 0.333. The van der Waals surface area contributed by atoms with Gasteiger partial charge in [0.1, 0.15) is 22.9 Å². The van der Waals surface area contributed by atoms with Gasteiger partial charge in [0.15, 0.2) is 0 Å². The zero-order valence-electron chi connectivity index (χ0n) is 12.1. The molecule has 0 N–H and O–H groups in total. The summed E-state index contributed by atoms with van der Waals surface area (Å²) in [6.45, 7) is 6.41. The molecule has 1 aromatic carbocycles. The van der Waals surface area contributed by atoms with Crippen molar-refractivity contribution in [1.82, 2.24) is 0 Å². The summed E-state index contributed by atoms with van der Waals surface area (Å²) in [5.74, 6) is 3.60. The van der Waals surface area contributed by atoms with E-state index >= 15 is 0 Å². The molecule has 1 atom stereocenters. The van der Waals surface area contributed by atoms with Crippen molar-refractivity contribution in [3.8, 4) is 11.3 Å². The summed E-state index contributed by atoms with van der Waals surface area (Å²) in [4.78, 5) is 0. The largest absolute Gasteiger partial charge is 0.461 e. The number of hydrogen-bond donors (Lipinski definition) is 0. The Morgan fingerprint density at radius 1 is 1.10 bits per heavy atom. The summed E-state index contributed by atoms with van der Waals surface area (Å²) in [6, 6.07) is 8.55. The number of aryl methyl sites for hydroxylation is 3. The lowest BCUT2D eigenvalue weighted by atomic mass is 9.97. The van der Waals surface area contributed by atoms with Crippen LogP contribution in [-0.4, -0.2) is 0 Å². The molecule has 3 aromatic rings. The molecule has 0 radical (unpaired) electrons. The van der Waals surface area contributed by atoms with Gasteiger partial charge in [0.2, 0.25) is 0 Å². The zero-order chi connectivity index (χ0) is 13.9. The van der Waals surface area contributed by atoms with Gasteiger partial charge >= 0.3 is 0 Å². The molecule has 0 spiro atoms. The second-order valence-corrected chi connectivity index (χ2v) is 5.98. The molecule has 4 rings (SSSR count). The molecule has 2 aromatic heterocycles. The van der Waals surface area contributed by atoms with Gasteiger partial charge in [0.05, 0.1) is 5.56 Å². The van der Waals surface area contributed by atoms with Crippen LogP contribution >= 0.6 is 0 Å². The van der Waals surface area contributed by atoms with Crippen molar-refractivity contribution in [1.29, 1.82) is 0 Å². The van der Waals surface area contributed by atoms with E-state index in [4.69, 9.17) is 8.83 Å². The predicted molar refractivity (Wildman–Crippen MR) is 80.1 cm³/mol. The van der Waals surface area contributed by atoms with Gasteiger partial charge in [-0.3, -0.25) is 0 Å². The van der Waals surface area contributed by atoms with Gasteiger partial charge in [0, 0.05) is 17.4 Å². The van der Waals surface area contributed by atoms with Crippen LogP contribution in [0.3, 0.4) is 0 Å². The Hall–Kier alpha value is -1.96. The zero-order valence-corrected chi connectivity index (χ0v) is 12.1. The minimum Gasteiger partial charge on any atom is -0.461 e. The summed E-state index contributed by atoms with van der Waals surface area (Å²) in [7, 11) is 0. The molecule has 20 heavy (non-hydrogen) atoms. The molecule has 0 saturated carbocycles. The first-order valence-corrected chi connectivity index (χ1v) is 7.26. The number of fused-ring (bicyclic) bond motifs is 5. The fourth-order valence-corrected chi connectivity index (χ4v) is 3.29. The van der Waals surface area contributed by atoms with E-state index in [-0.39, 0.29) is 0 Å². The van der Waals surface area contributed by atoms with Gasteiger partial charge in [-0.1, -0.05) is 18.6 Å².